The van der Waals surface area contributed by atoms with Crippen molar-refractivity contribution in [2.24, 2.45) is 0 Å². The predicted molar refractivity (Wildman–Crippen MR) is 88.7 cm³/mol. The molecular weight excluding hydrogens is 312 g/mol. The average Bonchev–Trinajstić information content (AvgIpc) is 2.86. The molecule has 0 amide bonds. The van der Waals surface area contributed by atoms with Crippen molar-refractivity contribution in [2.45, 2.75) is 31.7 Å². The summed E-state index contributed by atoms with van der Waals surface area (Å²) in [5.74, 6) is 0.292. The highest BCUT2D eigenvalue weighted by Crippen LogP contribution is 2.24. The number of fused-ring (bicyclic) bond motifs is 1. The molecule has 120 valence electrons. The van der Waals surface area contributed by atoms with Crippen molar-refractivity contribution >= 4 is 20.8 Å². The van der Waals surface area contributed by atoms with Crippen LogP contribution < -0.4 is 4.72 Å². The molecule has 3 rings (SSSR count). The van der Waals surface area contributed by atoms with Gasteiger partial charge in [0.2, 0.25) is 10.0 Å². The molecule has 0 radical (unpaired) electrons. The summed E-state index contributed by atoms with van der Waals surface area (Å²) in [6.07, 6.45) is 0. The van der Waals surface area contributed by atoms with Crippen LogP contribution >= 0.6 is 0 Å². The fourth-order valence-corrected chi connectivity index (χ4v) is 4.26. The average molecular weight is 330 g/mol. The second-order valence-electron chi connectivity index (χ2n) is 5.60. The number of sulfonamides is 1. The highest BCUT2D eigenvalue weighted by atomic mass is 32.2. The van der Waals surface area contributed by atoms with E-state index in [0.717, 1.165) is 16.3 Å². The Kier molecular flexibility index (Phi) is 3.95. The molecule has 0 fully saturated rings. The molecule has 0 aliphatic heterocycles. The monoisotopic (exact) mass is 330 g/mol. The molecule has 1 aromatic heterocycles. The topological polar surface area (TPSA) is 72.2 Å². The molecule has 5 nitrogen and oxygen atoms in total. The first-order chi connectivity index (χ1) is 10.9. The molecule has 0 bridgehead atoms. The molecule has 1 unspecified atom stereocenters. The molecule has 0 saturated carbocycles. The third-order valence-electron chi connectivity index (χ3n) is 3.84. The van der Waals surface area contributed by atoms with Crippen LogP contribution in [0, 0.1) is 13.8 Å². The maximum atomic E-state index is 12.6. The Morgan fingerprint density at radius 3 is 2.43 bits per heavy atom. The maximum Gasteiger partial charge on any atom is 0.246 e. The van der Waals surface area contributed by atoms with Gasteiger partial charge >= 0.3 is 0 Å². The van der Waals surface area contributed by atoms with Crippen molar-refractivity contribution in [3.05, 3.63) is 59.5 Å². The van der Waals surface area contributed by atoms with Crippen molar-refractivity contribution in [1.82, 2.24) is 9.88 Å². The minimum absolute atomic E-state index is 0.116. The molecular formula is C17H18N2O3S. The molecule has 3 aromatic rings. The molecule has 6 heteroatoms. The van der Waals surface area contributed by atoms with E-state index in [9.17, 15) is 8.42 Å². The Balaban J connectivity index is 1.92. The smallest absolute Gasteiger partial charge is 0.246 e. The van der Waals surface area contributed by atoms with Crippen LogP contribution in [0.3, 0.4) is 0 Å². The molecule has 1 atom stereocenters. The standard InChI is InChI=1S/C17H18N2O3S/c1-11(15-9-8-14-6-4-5-7-16(14)10-15)19-23(20,21)17-12(2)18-22-13(17)3/h4-11,19H,1-3H3. The molecule has 0 spiro atoms. The van der Waals surface area contributed by atoms with Crippen molar-refractivity contribution < 1.29 is 12.9 Å². The number of aromatic nitrogens is 1. The van der Waals surface area contributed by atoms with Gasteiger partial charge < -0.3 is 4.52 Å². The second kappa shape index (κ2) is 5.79. The summed E-state index contributed by atoms with van der Waals surface area (Å²) in [5.41, 5.74) is 1.26. The first-order valence-corrected chi connectivity index (χ1v) is 8.81. The van der Waals surface area contributed by atoms with E-state index in [1.807, 2.05) is 49.4 Å². The molecule has 0 aliphatic carbocycles. The quantitative estimate of drug-likeness (QED) is 0.795. The van der Waals surface area contributed by atoms with Crippen LogP contribution in [-0.2, 0) is 10.0 Å². The van der Waals surface area contributed by atoms with Gasteiger partial charge in [-0.2, -0.15) is 0 Å². The van der Waals surface area contributed by atoms with Crippen LogP contribution in [-0.4, -0.2) is 13.6 Å². The van der Waals surface area contributed by atoms with E-state index >= 15 is 0 Å². The van der Waals surface area contributed by atoms with E-state index in [0.29, 0.717) is 11.5 Å². The van der Waals surface area contributed by atoms with Crippen LogP contribution in [0.1, 0.15) is 30.0 Å². The summed E-state index contributed by atoms with van der Waals surface area (Å²) >= 11 is 0. The molecule has 1 heterocycles. The third kappa shape index (κ3) is 3.00. The zero-order chi connectivity index (χ0) is 16.6. The highest BCUT2D eigenvalue weighted by Gasteiger charge is 2.26. The van der Waals surface area contributed by atoms with Crippen LogP contribution in [0.15, 0.2) is 51.9 Å². The molecule has 1 N–H and O–H groups in total. The summed E-state index contributed by atoms with van der Waals surface area (Å²) in [6.45, 7) is 5.03. The molecule has 2 aromatic carbocycles. The van der Waals surface area contributed by atoms with Gasteiger partial charge in [0, 0.05) is 6.04 Å². The predicted octanol–water partition coefficient (Wildman–Crippen LogP) is 3.48. The third-order valence-corrected chi connectivity index (χ3v) is 5.63. The number of nitrogens with one attached hydrogen (secondary N) is 1. The first kappa shape index (κ1) is 15.7. The van der Waals surface area contributed by atoms with Crippen LogP contribution in [0.2, 0.25) is 0 Å². The summed E-state index contributed by atoms with van der Waals surface area (Å²) in [6, 6.07) is 13.5. The molecule has 0 saturated heterocycles. The number of aryl methyl sites for hydroxylation is 2. The zero-order valence-electron chi connectivity index (χ0n) is 13.2. The minimum Gasteiger partial charge on any atom is -0.360 e. The lowest BCUT2D eigenvalue weighted by Crippen LogP contribution is -2.27. The van der Waals surface area contributed by atoms with E-state index in [1.54, 1.807) is 13.8 Å². The number of rotatable bonds is 4. The van der Waals surface area contributed by atoms with Crippen molar-refractivity contribution in [1.29, 1.82) is 0 Å². The van der Waals surface area contributed by atoms with E-state index in [-0.39, 0.29) is 10.9 Å². The molecule has 23 heavy (non-hydrogen) atoms. The summed E-state index contributed by atoms with van der Waals surface area (Å²) in [7, 11) is -3.69. The first-order valence-electron chi connectivity index (χ1n) is 7.32. The van der Waals surface area contributed by atoms with E-state index in [4.69, 9.17) is 4.52 Å². The SMILES string of the molecule is Cc1noc(C)c1S(=O)(=O)NC(C)c1ccc2ccccc2c1. The fraction of sp³-hybridized carbons (Fsp3) is 0.235. The van der Waals surface area contributed by atoms with Crippen molar-refractivity contribution in [2.75, 3.05) is 0 Å². The molecule has 0 aliphatic rings. The summed E-state index contributed by atoms with van der Waals surface area (Å²) in [5, 5.41) is 5.91. The van der Waals surface area contributed by atoms with Gasteiger partial charge in [0.25, 0.3) is 0 Å². The van der Waals surface area contributed by atoms with Crippen LogP contribution in [0.25, 0.3) is 10.8 Å². The summed E-state index contributed by atoms with van der Waals surface area (Å²) in [4.78, 5) is 0.116. The largest absolute Gasteiger partial charge is 0.360 e. The maximum absolute atomic E-state index is 12.6. The lowest BCUT2D eigenvalue weighted by molar-refractivity contribution is 0.390. The summed E-state index contributed by atoms with van der Waals surface area (Å²) < 4.78 is 32.8. The Bertz CT molecular complexity index is 941. The number of hydrogen-bond acceptors (Lipinski definition) is 4. The van der Waals surface area contributed by atoms with Gasteiger partial charge in [-0.3, -0.25) is 0 Å². The lowest BCUT2D eigenvalue weighted by atomic mass is 10.0. The van der Waals surface area contributed by atoms with Gasteiger partial charge in [0.15, 0.2) is 5.76 Å². The Morgan fingerprint density at radius 1 is 1.09 bits per heavy atom. The Hall–Kier alpha value is -2.18. The number of benzene rings is 2. The van der Waals surface area contributed by atoms with Gasteiger partial charge in [0.1, 0.15) is 10.6 Å². The normalized spacial score (nSPS) is 13.3. The fourth-order valence-electron chi connectivity index (χ4n) is 2.70. The number of nitrogens with zero attached hydrogens (tertiary/aromatic N) is 1. The highest BCUT2D eigenvalue weighted by molar-refractivity contribution is 7.89. The van der Waals surface area contributed by atoms with Crippen LogP contribution in [0.5, 0.6) is 0 Å². The van der Waals surface area contributed by atoms with Crippen molar-refractivity contribution in [3.8, 4) is 0 Å². The minimum atomic E-state index is -3.69. The van der Waals surface area contributed by atoms with Gasteiger partial charge in [-0.1, -0.05) is 41.6 Å². The van der Waals surface area contributed by atoms with Gasteiger partial charge in [-0.05, 0) is 43.2 Å². The lowest BCUT2D eigenvalue weighted by Gasteiger charge is -2.15. The van der Waals surface area contributed by atoms with E-state index in [1.165, 1.54) is 0 Å². The van der Waals surface area contributed by atoms with E-state index < -0.39 is 10.0 Å². The second-order valence-corrected chi connectivity index (χ2v) is 7.25. The van der Waals surface area contributed by atoms with Crippen molar-refractivity contribution in [3.63, 3.8) is 0 Å². The van der Waals surface area contributed by atoms with Gasteiger partial charge in [-0.25, -0.2) is 13.1 Å². The number of hydrogen-bond donors (Lipinski definition) is 1. The van der Waals surface area contributed by atoms with Gasteiger partial charge in [-0.15, -0.1) is 0 Å². The van der Waals surface area contributed by atoms with Crippen LogP contribution in [0.4, 0.5) is 0 Å². The Morgan fingerprint density at radius 2 is 1.78 bits per heavy atom. The van der Waals surface area contributed by atoms with E-state index in [2.05, 4.69) is 9.88 Å². The van der Waals surface area contributed by atoms with Gasteiger partial charge in [0.05, 0.1) is 0 Å². The Labute approximate surface area is 135 Å². The zero-order valence-corrected chi connectivity index (χ0v) is 14.0.